The molecule has 0 aromatic heterocycles. The van der Waals surface area contributed by atoms with E-state index in [1.54, 1.807) is 7.11 Å². The normalized spacial score (nSPS) is 29.7. The summed E-state index contributed by atoms with van der Waals surface area (Å²) in [5, 5.41) is 3.89. The standard InChI is InChI=1S/C36H36N4O3S/c1-39-22-28(23-18-20-25(43-2)21-19-23)36(35(39)27-15-10-11-17-30(27)37-32(35)41)33(42)40-31(24-12-6-5-7-13-24)26-14-8-3-4-9-16-29(26)38-34(40)44-36/h5-7,10-13,15,17-21,28,31H,3-4,8-9,14,16,22H2,1-2H3,(H,37,41)/t28-,31-,35+,36-/m0/s1. The van der Waals surface area contributed by atoms with Crippen LogP contribution in [0, 0.1) is 0 Å². The number of likely N-dealkylation sites (tertiary alicyclic amines) is 1. The van der Waals surface area contributed by atoms with Crippen molar-refractivity contribution in [3.05, 3.63) is 107 Å². The number of likely N-dealkylation sites (N-methyl/N-ethyl adjacent to an activating group) is 1. The van der Waals surface area contributed by atoms with Gasteiger partial charge < -0.3 is 10.1 Å². The van der Waals surface area contributed by atoms with E-state index in [0.29, 0.717) is 11.7 Å². The molecule has 224 valence electrons. The molecular formula is C36H36N4O3S. The molecule has 1 N–H and O–H groups in total. The highest BCUT2D eigenvalue weighted by Gasteiger charge is 2.78. The highest BCUT2D eigenvalue weighted by Crippen LogP contribution is 2.67. The summed E-state index contributed by atoms with van der Waals surface area (Å²) in [6.45, 7) is 0.539. The Labute approximate surface area is 262 Å². The van der Waals surface area contributed by atoms with E-state index in [1.165, 1.54) is 30.2 Å². The fraction of sp³-hybridized carbons (Fsp3) is 0.361. The number of hydrogen-bond acceptors (Lipinski definition) is 6. The lowest BCUT2D eigenvalue weighted by molar-refractivity contribution is -0.139. The molecule has 3 aromatic carbocycles. The third-order valence-corrected chi connectivity index (χ3v) is 11.9. The maximum Gasteiger partial charge on any atom is 0.251 e. The second-order valence-electron chi connectivity index (χ2n) is 12.5. The molecule has 0 radical (unpaired) electrons. The number of nitrogens with one attached hydrogen (secondary N) is 1. The molecule has 4 atom stereocenters. The second-order valence-corrected chi connectivity index (χ2v) is 13.7. The molecule has 0 unspecified atom stereocenters. The second kappa shape index (κ2) is 10.3. The molecule has 2 fully saturated rings. The van der Waals surface area contributed by atoms with E-state index >= 15 is 4.79 Å². The van der Waals surface area contributed by atoms with E-state index in [4.69, 9.17) is 9.73 Å². The number of amidine groups is 1. The van der Waals surface area contributed by atoms with Crippen molar-refractivity contribution < 1.29 is 14.3 Å². The van der Waals surface area contributed by atoms with Crippen LogP contribution in [0.25, 0.3) is 0 Å². The maximum absolute atomic E-state index is 15.7. The number of methoxy groups -OCH3 is 1. The van der Waals surface area contributed by atoms with E-state index in [0.717, 1.165) is 59.5 Å². The fourth-order valence-corrected chi connectivity index (χ4v) is 10.2. The summed E-state index contributed by atoms with van der Waals surface area (Å²) >= 11 is 1.52. The number of carbonyl (C=O) groups excluding carboxylic acids is 2. The molecule has 4 heterocycles. The quantitative estimate of drug-likeness (QED) is 0.365. The van der Waals surface area contributed by atoms with Gasteiger partial charge in [-0.05, 0) is 67.6 Å². The monoisotopic (exact) mass is 604 g/mol. The van der Waals surface area contributed by atoms with Crippen molar-refractivity contribution in [1.29, 1.82) is 0 Å². The number of amides is 2. The molecule has 5 aliphatic rings. The van der Waals surface area contributed by atoms with Crippen LogP contribution in [0.15, 0.2) is 95.1 Å². The molecule has 8 rings (SSSR count). The van der Waals surface area contributed by atoms with Crippen LogP contribution in [0.4, 0.5) is 5.69 Å². The van der Waals surface area contributed by atoms with Crippen LogP contribution >= 0.6 is 11.8 Å². The summed E-state index contributed by atoms with van der Waals surface area (Å²) in [5.41, 5.74) is 4.89. The minimum absolute atomic E-state index is 0.0410. The van der Waals surface area contributed by atoms with Crippen LogP contribution in [-0.4, -0.2) is 52.2 Å². The Morgan fingerprint density at radius 2 is 1.61 bits per heavy atom. The number of rotatable bonds is 3. The van der Waals surface area contributed by atoms with Gasteiger partial charge in [-0.15, -0.1) is 0 Å². The van der Waals surface area contributed by atoms with E-state index in [2.05, 4.69) is 46.6 Å². The minimum atomic E-state index is -1.22. The zero-order valence-electron chi connectivity index (χ0n) is 25.1. The Hall–Kier alpha value is -3.88. The predicted molar refractivity (Wildman–Crippen MR) is 174 cm³/mol. The first-order valence-corrected chi connectivity index (χ1v) is 16.5. The van der Waals surface area contributed by atoms with Crippen LogP contribution < -0.4 is 10.1 Å². The maximum atomic E-state index is 15.7. The zero-order chi connectivity index (χ0) is 30.1. The van der Waals surface area contributed by atoms with Gasteiger partial charge in [-0.3, -0.25) is 19.4 Å². The molecule has 44 heavy (non-hydrogen) atoms. The summed E-state index contributed by atoms with van der Waals surface area (Å²) in [6, 6.07) is 26.0. The van der Waals surface area contributed by atoms with Gasteiger partial charge in [-0.1, -0.05) is 85.3 Å². The summed E-state index contributed by atoms with van der Waals surface area (Å²) in [7, 11) is 3.65. The lowest BCUT2D eigenvalue weighted by Gasteiger charge is -2.42. The molecule has 2 saturated heterocycles. The summed E-state index contributed by atoms with van der Waals surface area (Å²) in [4.78, 5) is 39.7. The molecule has 1 aliphatic carbocycles. The minimum Gasteiger partial charge on any atom is -0.497 e. The number of carbonyl (C=O) groups is 2. The van der Waals surface area contributed by atoms with Crippen LogP contribution in [0.5, 0.6) is 5.75 Å². The van der Waals surface area contributed by atoms with Crippen LogP contribution in [0.2, 0.25) is 0 Å². The van der Waals surface area contributed by atoms with E-state index in [9.17, 15) is 4.79 Å². The first kappa shape index (κ1) is 27.7. The number of thioether (sulfide) groups is 1. The Morgan fingerprint density at radius 1 is 0.886 bits per heavy atom. The molecule has 3 aromatic rings. The molecule has 2 spiro atoms. The Balaban J connectivity index is 1.37. The highest BCUT2D eigenvalue weighted by atomic mass is 32.2. The number of ether oxygens (including phenoxy) is 1. The molecule has 2 amide bonds. The predicted octanol–water partition coefficient (Wildman–Crippen LogP) is 6.61. The van der Waals surface area contributed by atoms with E-state index in [1.807, 2.05) is 54.4 Å². The van der Waals surface area contributed by atoms with Gasteiger partial charge in [0, 0.05) is 29.4 Å². The lowest BCUT2D eigenvalue weighted by atomic mass is 9.71. The third kappa shape index (κ3) is 3.64. The number of benzene rings is 3. The number of allylic oxidation sites excluding steroid dienone is 1. The van der Waals surface area contributed by atoms with Gasteiger partial charge in [0.15, 0.2) is 10.7 Å². The highest BCUT2D eigenvalue weighted by molar-refractivity contribution is 8.16. The summed E-state index contributed by atoms with van der Waals surface area (Å²) in [6.07, 6.45) is 6.40. The average molecular weight is 605 g/mol. The zero-order valence-corrected chi connectivity index (χ0v) is 25.9. The Kier molecular flexibility index (Phi) is 6.50. The Bertz CT molecular complexity index is 1720. The number of fused-ring (bicyclic) bond motifs is 4. The first-order chi connectivity index (χ1) is 21.5. The molecule has 7 nitrogen and oxygen atoms in total. The topological polar surface area (TPSA) is 74.2 Å². The van der Waals surface area contributed by atoms with Crippen molar-refractivity contribution in [1.82, 2.24) is 9.80 Å². The van der Waals surface area contributed by atoms with Crippen molar-refractivity contribution in [2.75, 3.05) is 26.0 Å². The number of anilines is 1. The number of aliphatic imine (C=N–C) groups is 1. The number of hydrogen-bond donors (Lipinski definition) is 1. The molecule has 4 aliphatic heterocycles. The van der Waals surface area contributed by atoms with Crippen molar-refractivity contribution in [3.8, 4) is 5.75 Å². The van der Waals surface area contributed by atoms with Crippen molar-refractivity contribution in [2.45, 2.75) is 60.8 Å². The van der Waals surface area contributed by atoms with Gasteiger partial charge in [-0.25, -0.2) is 4.99 Å². The molecule has 8 heteroatoms. The van der Waals surface area contributed by atoms with Crippen LogP contribution in [0.1, 0.15) is 67.2 Å². The third-order valence-electron chi connectivity index (χ3n) is 10.4. The van der Waals surface area contributed by atoms with Crippen molar-refractivity contribution in [3.63, 3.8) is 0 Å². The largest absolute Gasteiger partial charge is 0.497 e. The smallest absolute Gasteiger partial charge is 0.251 e. The van der Waals surface area contributed by atoms with Gasteiger partial charge in [0.1, 0.15) is 10.5 Å². The van der Waals surface area contributed by atoms with Gasteiger partial charge in [-0.2, -0.15) is 0 Å². The van der Waals surface area contributed by atoms with Crippen molar-refractivity contribution in [2.24, 2.45) is 4.99 Å². The number of para-hydroxylation sites is 1. The summed E-state index contributed by atoms with van der Waals surface area (Å²) < 4.78 is 4.30. The fourth-order valence-electron chi connectivity index (χ4n) is 8.44. The van der Waals surface area contributed by atoms with Crippen molar-refractivity contribution >= 4 is 34.4 Å². The van der Waals surface area contributed by atoms with Gasteiger partial charge >= 0.3 is 0 Å². The summed E-state index contributed by atoms with van der Waals surface area (Å²) in [5.74, 6) is 0.287. The number of nitrogens with zero attached hydrogens (tertiary/aromatic N) is 3. The first-order valence-electron chi connectivity index (χ1n) is 15.6. The molecule has 0 bridgehead atoms. The SMILES string of the molecule is COc1ccc([C@@H]2CN(C)[C@]3(C(=O)Nc4ccccc43)[C@]23SC2=NC4=C(CCCCCC4)[C@H](c4ccccc4)N2C3=O)cc1. The van der Waals surface area contributed by atoms with Crippen LogP contribution in [0.3, 0.4) is 0 Å². The Morgan fingerprint density at radius 3 is 2.39 bits per heavy atom. The van der Waals surface area contributed by atoms with Gasteiger partial charge in [0.05, 0.1) is 13.2 Å². The lowest BCUT2D eigenvalue weighted by Crippen LogP contribution is -2.62. The molecule has 0 saturated carbocycles. The van der Waals surface area contributed by atoms with E-state index < -0.39 is 10.3 Å². The van der Waals surface area contributed by atoms with Gasteiger partial charge in [0.2, 0.25) is 5.91 Å². The van der Waals surface area contributed by atoms with Gasteiger partial charge in [0.25, 0.3) is 5.91 Å². The molecular weight excluding hydrogens is 568 g/mol. The van der Waals surface area contributed by atoms with Crippen LogP contribution in [-0.2, 0) is 15.1 Å². The van der Waals surface area contributed by atoms with E-state index in [-0.39, 0.29) is 23.8 Å². The average Bonchev–Trinajstić information content (AvgIpc) is 3.61.